The summed E-state index contributed by atoms with van der Waals surface area (Å²) in [5.74, 6) is 1.91. The van der Waals surface area contributed by atoms with Crippen LogP contribution in [0, 0.1) is 17.8 Å². The number of aliphatic hydroxyl groups excluding tert-OH is 1. The van der Waals surface area contributed by atoms with Gasteiger partial charge in [-0.1, -0.05) is 58.9 Å². The Balaban J connectivity index is 2.11. The number of rotatable bonds is 2. The summed E-state index contributed by atoms with van der Waals surface area (Å²) in [7, 11) is 0. The van der Waals surface area contributed by atoms with E-state index in [-0.39, 0.29) is 11.5 Å². The number of aliphatic hydroxyl groups is 1. The highest BCUT2D eigenvalue weighted by Crippen LogP contribution is 2.40. The fourth-order valence-corrected chi connectivity index (χ4v) is 3.72. The minimum absolute atomic E-state index is 0.178. The van der Waals surface area contributed by atoms with Crippen molar-refractivity contribution in [3.05, 3.63) is 35.4 Å². The molecular formula is C19H30O. The molecule has 3 unspecified atom stereocenters. The molecule has 1 N–H and O–H groups in total. The molecule has 2 rings (SSSR count). The lowest BCUT2D eigenvalue weighted by molar-refractivity contribution is 0.0551. The lowest BCUT2D eigenvalue weighted by Crippen LogP contribution is -2.24. The van der Waals surface area contributed by atoms with Gasteiger partial charge in [0.25, 0.3) is 0 Å². The van der Waals surface area contributed by atoms with Crippen molar-refractivity contribution >= 4 is 0 Å². The van der Waals surface area contributed by atoms with Gasteiger partial charge in [0, 0.05) is 0 Å². The second kappa shape index (κ2) is 5.89. The van der Waals surface area contributed by atoms with Gasteiger partial charge in [-0.25, -0.2) is 0 Å². The summed E-state index contributed by atoms with van der Waals surface area (Å²) in [6, 6.07) is 8.59. The van der Waals surface area contributed by atoms with Gasteiger partial charge in [0.15, 0.2) is 0 Å². The first-order chi connectivity index (χ1) is 9.27. The fourth-order valence-electron chi connectivity index (χ4n) is 3.72. The van der Waals surface area contributed by atoms with Crippen molar-refractivity contribution in [1.82, 2.24) is 0 Å². The van der Waals surface area contributed by atoms with Gasteiger partial charge in [0.05, 0.1) is 6.10 Å². The largest absolute Gasteiger partial charge is 0.388 e. The van der Waals surface area contributed by atoms with Gasteiger partial charge in [0.1, 0.15) is 0 Å². The molecule has 1 heteroatoms. The molecule has 0 spiro atoms. The molecule has 1 nitrogen and oxygen atoms in total. The average Bonchev–Trinajstić information content (AvgIpc) is 2.36. The van der Waals surface area contributed by atoms with Crippen LogP contribution in [0.1, 0.15) is 71.1 Å². The van der Waals surface area contributed by atoms with Crippen molar-refractivity contribution in [3.8, 4) is 0 Å². The maximum atomic E-state index is 10.7. The lowest BCUT2D eigenvalue weighted by Gasteiger charge is -2.34. The van der Waals surface area contributed by atoms with E-state index in [1.165, 1.54) is 12.0 Å². The molecule has 1 aliphatic rings. The summed E-state index contributed by atoms with van der Waals surface area (Å²) in [6.07, 6.45) is 3.33. The van der Waals surface area contributed by atoms with Crippen LogP contribution in [0.4, 0.5) is 0 Å². The number of hydrogen-bond donors (Lipinski definition) is 1. The summed E-state index contributed by atoms with van der Waals surface area (Å²) >= 11 is 0. The predicted octanol–water partition coefficient (Wildman–Crippen LogP) is 5.09. The summed E-state index contributed by atoms with van der Waals surface area (Å²) in [6.45, 7) is 11.3. The monoisotopic (exact) mass is 274 g/mol. The Kier molecular flexibility index (Phi) is 4.59. The highest BCUT2D eigenvalue weighted by molar-refractivity contribution is 5.29. The fraction of sp³-hybridized carbons (Fsp3) is 0.684. The van der Waals surface area contributed by atoms with Crippen LogP contribution in [-0.2, 0) is 5.41 Å². The molecule has 1 aromatic rings. The van der Waals surface area contributed by atoms with Crippen LogP contribution in [-0.4, -0.2) is 5.11 Å². The van der Waals surface area contributed by atoms with Crippen molar-refractivity contribution in [1.29, 1.82) is 0 Å². The smallest absolute Gasteiger partial charge is 0.0818 e. The van der Waals surface area contributed by atoms with Crippen LogP contribution in [0.25, 0.3) is 0 Å². The van der Waals surface area contributed by atoms with Crippen LogP contribution >= 0.6 is 0 Å². The molecule has 0 heterocycles. The van der Waals surface area contributed by atoms with Gasteiger partial charge >= 0.3 is 0 Å². The van der Waals surface area contributed by atoms with Crippen molar-refractivity contribution in [2.24, 2.45) is 17.8 Å². The molecule has 0 aliphatic heterocycles. The van der Waals surface area contributed by atoms with Crippen molar-refractivity contribution < 1.29 is 5.11 Å². The zero-order valence-corrected chi connectivity index (χ0v) is 13.7. The average molecular weight is 274 g/mol. The molecule has 0 saturated heterocycles. The normalized spacial score (nSPS) is 29.2. The predicted molar refractivity (Wildman–Crippen MR) is 85.8 cm³/mol. The molecule has 112 valence electrons. The first-order valence-electron chi connectivity index (χ1n) is 8.06. The minimum atomic E-state index is -0.297. The van der Waals surface area contributed by atoms with Gasteiger partial charge in [-0.3, -0.25) is 0 Å². The van der Waals surface area contributed by atoms with Crippen LogP contribution in [0.15, 0.2) is 24.3 Å². The quantitative estimate of drug-likeness (QED) is 0.796. The zero-order valence-electron chi connectivity index (χ0n) is 13.7. The maximum Gasteiger partial charge on any atom is 0.0818 e. The summed E-state index contributed by atoms with van der Waals surface area (Å²) in [5, 5.41) is 10.7. The van der Waals surface area contributed by atoms with Crippen LogP contribution in [0.3, 0.4) is 0 Å². The Bertz CT molecular complexity index is 416. The third-order valence-corrected chi connectivity index (χ3v) is 4.78. The van der Waals surface area contributed by atoms with Crippen molar-refractivity contribution in [2.45, 2.75) is 65.4 Å². The molecule has 0 aromatic heterocycles. The minimum Gasteiger partial charge on any atom is -0.388 e. The Hall–Kier alpha value is -0.820. The summed E-state index contributed by atoms with van der Waals surface area (Å²) < 4.78 is 0. The molecule has 3 atom stereocenters. The standard InChI is InChI=1S/C19H30O/c1-13-10-14(2)12-16(11-13)18(20)15-6-8-17(9-7-15)19(3,4)5/h6-9,13-14,16,18,20H,10-12H2,1-5H3. The molecule has 0 radical (unpaired) electrons. The van der Waals surface area contributed by atoms with Crippen molar-refractivity contribution in [3.63, 3.8) is 0 Å². The van der Waals surface area contributed by atoms with E-state index in [0.717, 1.165) is 30.2 Å². The van der Waals surface area contributed by atoms with E-state index in [1.54, 1.807) is 0 Å². The summed E-state index contributed by atoms with van der Waals surface area (Å²) in [4.78, 5) is 0. The van der Waals surface area contributed by atoms with Gasteiger partial charge in [-0.15, -0.1) is 0 Å². The molecule has 1 aromatic carbocycles. The van der Waals surface area contributed by atoms with E-state index in [0.29, 0.717) is 5.92 Å². The van der Waals surface area contributed by atoms with E-state index < -0.39 is 0 Å². The molecule has 20 heavy (non-hydrogen) atoms. The van der Waals surface area contributed by atoms with Crippen molar-refractivity contribution in [2.75, 3.05) is 0 Å². The topological polar surface area (TPSA) is 20.2 Å². The molecular weight excluding hydrogens is 244 g/mol. The van der Waals surface area contributed by atoms with Gasteiger partial charge in [0.2, 0.25) is 0 Å². The second-order valence-corrected chi connectivity index (χ2v) is 7.99. The number of benzene rings is 1. The van der Waals surface area contributed by atoms with E-state index >= 15 is 0 Å². The number of hydrogen-bond acceptors (Lipinski definition) is 1. The highest BCUT2D eigenvalue weighted by Gasteiger charge is 2.29. The molecule has 1 saturated carbocycles. The first kappa shape index (κ1) is 15.6. The zero-order chi connectivity index (χ0) is 14.9. The third-order valence-electron chi connectivity index (χ3n) is 4.78. The summed E-state index contributed by atoms with van der Waals surface area (Å²) in [5.41, 5.74) is 2.60. The Morgan fingerprint density at radius 2 is 1.45 bits per heavy atom. The molecule has 1 fully saturated rings. The van der Waals surface area contributed by atoms with E-state index in [1.807, 2.05) is 0 Å². The van der Waals surface area contributed by atoms with E-state index in [4.69, 9.17) is 0 Å². The van der Waals surface area contributed by atoms with Crippen LogP contribution < -0.4 is 0 Å². The van der Waals surface area contributed by atoms with Gasteiger partial charge in [-0.2, -0.15) is 0 Å². The molecule has 1 aliphatic carbocycles. The van der Waals surface area contributed by atoms with Gasteiger partial charge in [-0.05, 0) is 53.6 Å². The SMILES string of the molecule is CC1CC(C)CC(C(O)c2ccc(C(C)(C)C)cc2)C1. The molecule has 0 bridgehead atoms. The van der Waals surface area contributed by atoms with Crippen LogP contribution in [0.5, 0.6) is 0 Å². The maximum absolute atomic E-state index is 10.7. The van der Waals surface area contributed by atoms with Crippen LogP contribution in [0.2, 0.25) is 0 Å². The van der Waals surface area contributed by atoms with E-state index in [9.17, 15) is 5.11 Å². The highest BCUT2D eigenvalue weighted by atomic mass is 16.3. The molecule has 0 amide bonds. The first-order valence-corrected chi connectivity index (χ1v) is 8.06. The Morgan fingerprint density at radius 3 is 1.90 bits per heavy atom. The lowest BCUT2D eigenvalue weighted by atomic mass is 9.73. The Morgan fingerprint density at radius 1 is 0.950 bits per heavy atom. The third kappa shape index (κ3) is 3.63. The second-order valence-electron chi connectivity index (χ2n) is 7.99. The van der Waals surface area contributed by atoms with Gasteiger partial charge < -0.3 is 5.11 Å². The van der Waals surface area contributed by atoms with E-state index in [2.05, 4.69) is 58.9 Å². The Labute approximate surface area is 124 Å².